The van der Waals surface area contributed by atoms with Crippen LogP contribution in [0.1, 0.15) is 35.7 Å². The fourth-order valence-corrected chi connectivity index (χ4v) is 5.75. The van der Waals surface area contributed by atoms with Gasteiger partial charge in [0.2, 0.25) is 21.7 Å². The first-order chi connectivity index (χ1) is 13.9. The van der Waals surface area contributed by atoms with Gasteiger partial charge in [-0.3, -0.25) is 0 Å². The van der Waals surface area contributed by atoms with Crippen LogP contribution in [0.4, 0.5) is 0 Å². The van der Waals surface area contributed by atoms with Crippen molar-refractivity contribution >= 4 is 10.0 Å². The molecular formula is C20H24N4O4S. The maximum atomic E-state index is 13.1. The molecule has 0 N–H and O–H groups in total. The van der Waals surface area contributed by atoms with Gasteiger partial charge < -0.3 is 9.05 Å². The van der Waals surface area contributed by atoms with Gasteiger partial charge in [-0.15, -0.1) is 0 Å². The van der Waals surface area contributed by atoms with E-state index in [4.69, 9.17) is 9.05 Å². The second kappa shape index (κ2) is 7.72. The third kappa shape index (κ3) is 3.84. The molecule has 1 atom stereocenters. The van der Waals surface area contributed by atoms with Crippen molar-refractivity contribution in [1.29, 1.82) is 0 Å². The molecule has 1 aliphatic rings. The Hall–Kier alpha value is -2.52. The average molecular weight is 417 g/mol. The zero-order valence-electron chi connectivity index (χ0n) is 16.8. The van der Waals surface area contributed by atoms with Gasteiger partial charge in [0.25, 0.3) is 0 Å². The van der Waals surface area contributed by atoms with Crippen molar-refractivity contribution in [1.82, 2.24) is 19.6 Å². The van der Waals surface area contributed by atoms with Crippen LogP contribution in [0.3, 0.4) is 0 Å². The monoisotopic (exact) mass is 416 g/mol. The zero-order chi connectivity index (χ0) is 20.6. The van der Waals surface area contributed by atoms with Gasteiger partial charge >= 0.3 is 0 Å². The molecule has 9 heteroatoms. The van der Waals surface area contributed by atoms with E-state index in [1.807, 2.05) is 31.2 Å². The highest BCUT2D eigenvalue weighted by molar-refractivity contribution is 7.89. The highest BCUT2D eigenvalue weighted by Gasteiger charge is 2.35. The zero-order valence-corrected chi connectivity index (χ0v) is 17.6. The molecule has 0 spiro atoms. The Morgan fingerprint density at radius 2 is 1.93 bits per heavy atom. The third-order valence-electron chi connectivity index (χ3n) is 5.36. The number of aryl methyl sites for hydroxylation is 3. The number of hydrogen-bond acceptors (Lipinski definition) is 7. The van der Waals surface area contributed by atoms with Crippen molar-refractivity contribution in [3.05, 3.63) is 47.2 Å². The molecule has 0 aliphatic carbocycles. The highest BCUT2D eigenvalue weighted by atomic mass is 32.2. The van der Waals surface area contributed by atoms with Crippen LogP contribution in [0, 0.1) is 26.7 Å². The van der Waals surface area contributed by atoms with Crippen molar-refractivity contribution in [2.45, 2.75) is 44.9 Å². The van der Waals surface area contributed by atoms with Crippen molar-refractivity contribution in [2.24, 2.45) is 5.92 Å². The number of sulfonamides is 1. The van der Waals surface area contributed by atoms with Crippen molar-refractivity contribution in [3.63, 3.8) is 0 Å². The molecule has 3 heterocycles. The van der Waals surface area contributed by atoms with Gasteiger partial charge in [-0.25, -0.2) is 8.42 Å². The molecule has 1 aliphatic heterocycles. The first-order valence-corrected chi connectivity index (χ1v) is 11.1. The Bertz CT molecular complexity index is 1100. The van der Waals surface area contributed by atoms with E-state index in [9.17, 15) is 8.42 Å². The third-order valence-corrected chi connectivity index (χ3v) is 7.48. The second-order valence-corrected chi connectivity index (χ2v) is 9.43. The average Bonchev–Trinajstić information content (AvgIpc) is 3.29. The quantitative estimate of drug-likeness (QED) is 0.629. The predicted octanol–water partition coefficient (Wildman–Crippen LogP) is 3.29. The summed E-state index contributed by atoms with van der Waals surface area (Å²) >= 11 is 0. The van der Waals surface area contributed by atoms with E-state index < -0.39 is 10.0 Å². The first-order valence-electron chi connectivity index (χ1n) is 9.68. The predicted molar refractivity (Wildman–Crippen MR) is 106 cm³/mol. The number of nitrogens with zero attached hydrogens (tertiary/aromatic N) is 4. The lowest BCUT2D eigenvalue weighted by molar-refractivity contribution is 0.246. The van der Waals surface area contributed by atoms with Gasteiger partial charge in [-0.05, 0) is 45.1 Å². The molecule has 29 heavy (non-hydrogen) atoms. The first kappa shape index (κ1) is 19.8. The van der Waals surface area contributed by atoms with Crippen LogP contribution in [0.25, 0.3) is 11.4 Å². The molecule has 0 unspecified atom stereocenters. The minimum atomic E-state index is -3.64. The SMILES string of the molecule is Cc1ccccc1-c1noc(C[C@@H]2CCCN(S(=O)(=O)c3c(C)noc3C)C2)n1. The minimum absolute atomic E-state index is 0.115. The molecule has 2 aromatic heterocycles. The molecule has 1 aromatic carbocycles. The van der Waals surface area contributed by atoms with Gasteiger partial charge in [-0.1, -0.05) is 34.6 Å². The Kier molecular flexibility index (Phi) is 5.26. The van der Waals surface area contributed by atoms with E-state index in [2.05, 4.69) is 15.3 Å². The Morgan fingerprint density at radius 1 is 1.14 bits per heavy atom. The number of rotatable bonds is 5. The van der Waals surface area contributed by atoms with Gasteiger partial charge in [-0.2, -0.15) is 9.29 Å². The summed E-state index contributed by atoms with van der Waals surface area (Å²) in [5.74, 6) is 1.53. The molecule has 1 fully saturated rings. The molecule has 3 aromatic rings. The Labute approximate surface area is 169 Å². The van der Waals surface area contributed by atoms with Crippen LogP contribution >= 0.6 is 0 Å². The minimum Gasteiger partial charge on any atom is -0.360 e. The lowest BCUT2D eigenvalue weighted by atomic mass is 9.96. The fourth-order valence-electron chi connectivity index (χ4n) is 3.90. The van der Waals surface area contributed by atoms with Crippen LogP contribution in [0.2, 0.25) is 0 Å². The summed E-state index contributed by atoms with van der Waals surface area (Å²) in [6.07, 6.45) is 2.24. The van der Waals surface area contributed by atoms with Crippen LogP contribution in [-0.4, -0.2) is 41.1 Å². The molecular weight excluding hydrogens is 392 g/mol. The van der Waals surface area contributed by atoms with E-state index >= 15 is 0 Å². The van der Waals surface area contributed by atoms with Gasteiger partial charge in [0.1, 0.15) is 10.6 Å². The Balaban J connectivity index is 1.49. The summed E-state index contributed by atoms with van der Waals surface area (Å²) in [7, 11) is -3.64. The summed E-state index contributed by atoms with van der Waals surface area (Å²) in [4.78, 5) is 4.71. The number of hydrogen-bond donors (Lipinski definition) is 0. The molecule has 0 amide bonds. The smallest absolute Gasteiger partial charge is 0.248 e. The maximum absolute atomic E-state index is 13.1. The van der Waals surface area contributed by atoms with E-state index in [1.165, 1.54) is 4.31 Å². The Morgan fingerprint density at radius 3 is 2.66 bits per heavy atom. The van der Waals surface area contributed by atoms with Crippen LogP contribution < -0.4 is 0 Å². The number of aromatic nitrogens is 3. The summed E-state index contributed by atoms with van der Waals surface area (Å²) in [6.45, 7) is 6.18. The van der Waals surface area contributed by atoms with Crippen LogP contribution in [-0.2, 0) is 16.4 Å². The largest absolute Gasteiger partial charge is 0.360 e. The number of benzene rings is 1. The molecule has 154 valence electrons. The maximum Gasteiger partial charge on any atom is 0.248 e. The lowest BCUT2D eigenvalue weighted by Gasteiger charge is -2.31. The lowest BCUT2D eigenvalue weighted by Crippen LogP contribution is -2.40. The normalized spacial score (nSPS) is 18.2. The summed E-state index contributed by atoms with van der Waals surface area (Å²) in [6, 6.07) is 7.87. The van der Waals surface area contributed by atoms with Crippen LogP contribution in [0.5, 0.6) is 0 Å². The van der Waals surface area contributed by atoms with Crippen LogP contribution in [0.15, 0.2) is 38.2 Å². The van der Waals surface area contributed by atoms with E-state index in [0.29, 0.717) is 42.7 Å². The molecule has 1 saturated heterocycles. The second-order valence-electron chi connectivity index (χ2n) is 7.56. The van der Waals surface area contributed by atoms with Crippen molar-refractivity contribution < 1.29 is 17.5 Å². The van der Waals surface area contributed by atoms with Gasteiger partial charge in [0, 0.05) is 25.1 Å². The van der Waals surface area contributed by atoms with Crippen molar-refractivity contribution in [2.75, 3.05) is 13.1 Å². The molecule has 4 rings (SSSR count). The van der Waals surface area contributed by atoms with E-state index in [-0.39, 0.29) is 10.8 Å². The molecule has 0 saturated carbocycles. The van der Waals surface area contributed by atoms with Crippen molar-refractivity contribution in [3.8, 4) is 11.4 Å². The summed E-state index contributed by atoms with van der Waals surface area (Å²) in [5, 5.41) is 7.89. The van der Waals surface area contributed by atoms with E-state index in [0.717, 1.165) is 24.0 Å². The molecule has 0 radical (unpaired) electrons. The van der Waals surface area contributed by atoms with E-state index in [1.54, 1.807) is 13.8 Å². The summed E-state index contributed by atoms with van der Waals surface area (Å²) in [5.41, 5.74) is 2.41. The molecule has 0 bridgehead atoms. The number of piperidine rings is 1. The molecule has 8 nitrogen and oxygen atoms in total. The standard InChI is InChI=1S/C20H24N4O4S/c1-13-7-4-5-9-17(13)20-21-18(28-23-20)11-16-8-6-10-24(12-16)29(25,26)19-14(2)22-27-15(19)3/h4-5,7,9,16H,6,8,10-12H2,1-3H3/t16-/m0/s1. The van der Waals surface area contributed by atoms with Gasteiger partial charge in [0.05, 0.1) is 0 Å². The highest BCUT2D eigenvalue weighted by Crippen LogP contribution is 2.29. The fraction of sp³-hybridized carbons (Fsp3) is 0.450. The van der Waals surface area contributed by atoms with Gasteiger partial charge in [0.15, 0.2) is 5.76 Å². The summed E-state index contributed by atoms with van der Waals surface area (Å²) < 4.78 is 38.2. The topological polar surface area (TPSA) is 102 Å².